The predicted molar refractivity (Wildman–Crippen MR) is 108 cm³/mol. The SMILES string of the molecule is COc1ccc(-c2nnc(SC[C@H]3CN(Cc4ccccc4)CCO3)o2)cc1. The van der Waals surface area contributed by atoms with Gasteiger partial charge in [-0.15, -0.1) is 10.2 Å². The van der Waals surface area contributed by atoms with Crippen LogP contribution in [-0.4, -0.2) is 53.8 Å². The largest absolute Gasteiger partial charge is 0.497 e. The summed E-state index contributed by atoms with van der Waals surface area (Å²) in [6.07, 6.45) is 0.152. The van der Waals surface area contributed by atoms with E-state index in [1.54, 1.807) is 18.9 Å². The van der Waals surface area contributed by atoms with Crippen molar-refractivity contribution in [3.05, 3.63) is 60.2 Å². The number of morpholine rings is 1. The number of hydrogen-bond donors (Lipinski definition) is 0. The standard InChI is InChI=1S/C21H23N3O3S/c1-25-18-9-7-17(8-10-18)20-22-23-21(27-20)28-15-19-14-24(11-12-26-19)13-16-5-3-2-4-6-16/h2-10,19H,11-15H2,1H3/t19-/m1/s1. The van der Waals surface area contributed by atoms with Crippen molar-refractivity contribution in [2.75, 3.05) is 32.6 Å². The zero-order chi connectivity index (χ0) is 19.2. The Morgan fingerprint density at radius 3 is 2.71 bits per heavy atom. The molecule has 4 rings (SSSR count). The summed E-state index contributed by atoms with van der Waals surface area (Å²) in [5, 5.41) is 8.86. The Balaban J connectivity index is 1.30. The number of benzene rings is 2. The zero-order valence-electron chi connectivity index (χ0n) is 15.8. The molecule has 3 aromatic rings. The van der Waals surface area contributed by atoms with E-state index in [2.05, 4.69) is 39.4 Å². The minimum atomic E-state index is 0.152. The molecule has 1 aromatic heterocycles. The first-order valence-corrected chi connectivity index (χ1v) is 10.3. The Hall–Kier alpha value is -2.35. The molecule has 0 bridgehead atoms. The van der Waals surface area contributed by atoms with Crippen molar-refractivity contribution in [2.24, 2.45) is 0 Å². The maximum atomic E-state index is 5.92. The van der Waals surface area contributed by atoms with E-state index in [0.717, 1.165) is 43.3 Å². The summed E-state index contributed by atoms with van der Waals surface area (Å²) in [6, 6.07) is 18.1. The molecule has 0 radical (unpaired) electrons. The molecule has 0 unspecified atom stereocenters. The van der Waals surface area contributed by atoms with Gasteiger partial charge in [-0.1, -0.05) is 42.1 Å². The molecule has 0 aliphatic carbocycles. The van der Waals surface area contributed by atoms with Crippen molar-refractivity contribution >= 4 is 11.8 Å². The van der Waals surface area contributed by atoms with Gasteiger partial charge in [0, 0.05) is 31.0 Å². The summed E-state index contributed by atoms with van der Waals surface area (Å²) in [5.41, 5.74) is 2.21. The molecule has 0 saturated carbocycles. The Morgan fingerprint density at radius 1 is 1.11 bits per heavy atom. The van der Waals surface area contributed by atoms with E-state index in [1.165, 1.54) is 5.56 Å². The summed E-state index contributed by atoms with van der Waals surface area (Å²) in [6.45, 7) is 3.56. The summed E-state index contributed by atoms with van der Waals surface area (Å²) in [5.74, 6) is 2.10. The molecule has 1 saturated heterocycles. The normalized spacial score (nSPS) is 17.5. The lowest BCUT2D eigenvalue weighted by Gasteiger charge is -2.32. The molecule has 28 heavy (non-hydrogen) atoms. The highest BCUT2D eigenvalue weighted by Gasteiger charge is 2.22. The Kier molecular flexibility index (Phi) is 6.26. The zero-order valence-corrected chi connectivity index (χ0v) is 16.6. The third-order valence-electron chi connectivity index (χ3n) is 4.61. The molecule has 1 aliphatic heterocycles. The summed E-state index contributed by atoms with van der Waals surface area (Å²) >= 11 is 1.54. The van der Waals surface area contributed by atoms with Crippen LogP contribution in [0.5, 0.6) is 5.75 Å². The first-order chi connectivity index (χ1) is 13.8. The van der Waals surface area contributed by atoms with Crippen LogP contribution in [0.25, 0.3) is 11.5 Å². The number of aromatic nitrogens is 2. The van der Waals surface area contributed by atoms with Crippen molar-refractivity contribution in [1.82, 2.24) is 15.1 Å². The number of nitrogens with zero attached hydrogens (tertiary/aromatic N) is 3. The van der Waals surface area contributed by atoms with Crippen molar-refractivity contribution in [3.8, 4) is 17.2 Å². The van der Waals surface area contributed by atoms with Gasteiger partial charge in [0.05, 0.1) is 19.8 Å². The number of hydrogen-bond acceptors (Lipinski definition) is 7. The predicted octanol–water partition coefficient (Wildman–Crippen LogP) is 3.74. The summed E-state index contributed by atoms with van der Waals surface area (Å²) in [4.78, 5) is 2.43. The van der Waals surface area contributed by atoms with Gasteiger partial charge in [0.1, 0.15) is 5.75 Å². The minimum absolute atomic E-state index is 0.152. The third-order valence-corrected chi connectivity index (χ3v) is 5.56. The molecule has 146 valence electrons. The Bertz CT molecular complexity index is 870. The lowest BCUT2D eigenvalue weighted by Crippen LogP contribution is -2.43. The summed E-state index contributed by atoms with van der Waals surface area (Å²) < 4.78 is 16.9. The highest BCUT2D eigenvalue weighted by Crippen LogP contribution is 2.26. The van der Waals surface area contributed by atoms with Gasteiger partial charge in [-0.3, -0.25) is 4.90 Å². The second-order valence-corrected chi connectivity index (χ2v) is 7.60. The minimum Gasteiger partial charge on any atom is -0.497 e. The molecule has 6 nitrogen and oxygen atoms in total. The highest BCUT2D eigenvalue weighted by atomic mass is 32.2. The van der Waals surface area contributed by atoms with E-state index < -0.39 is 0 Å². The number of ether oxygens (including phenoxy) is 2. The van der Waals surface area contributed by atoms with E-state index in [9.17, 15) is 0 Å². The molecule has 1 atom stereocenters. The molecule has 1 aliphatic rings. The van der Waals surface area contributed by atoms with Gasteiger partial charge in [-0.05, 0) is 29.8 Å². The highest BCUT2D eigenvalue weighted by molar-refractivity contribution is 7.99. The van der Waals surface area contributed by atoms with Crippen LogP contribution in [0.2, 0.25) is 0 Å². The van der Waals surface area contributed by atoms with Gasteiger partial charge < -0.3 is 13.9 Å². The molecule has 0 amide bonds. The monoisotopic (exact) mass is 397 g/mol. The van der Waals surface area contributed by atoms with E-state index in [4.69, 9.17) is 13.9 Å². The van der Waals surface area contributed by atoms with Crippen LogP contribution in [0.15, 0.2) is 64.2 Å². The van der Waals surface area contributed by atoms with Gasteiger partial charge in [-0.25, -0.2) is 0 Å². The second kappa shape index (κ2) is 9.23. The lowest BCUT2D eigenvalue weighted by molar-refractivity contribution is -0.0187. The number of thioether (sulfide) groups is 1. The lowest BCUT2D eigenvalue weighted by atomic mass is 10.2. The van der Waals surface area contributed by atoms with Crippen LogP contribution in [-0.2, 0) is 11.3 Å². The number of methoxy groups -OCH3 is 1. The molecule has 2 aromatic carbocycles. The van der Waals surface area contributed by atoms with Crippen LogP contribution >= 0.6 is 11.8 Å². The van der Waals surface area contributed by atoms with Crippen LogP contribution in [0.4, 0.5) is 0 Å². The summed E-state index contributed by atoms with van der Waals surface area (Å²) in [7, 11) is 1.64. The van der Waals surface area contributed by atoms with Crippen molar-refractivity contribution in [3.63, 3.8) is 0 Å². The van der Waals surface area contributed by atoms with Crippen molar-refractivity contribution in [2.45, 2.75) is 17.9 Å². The molecule has 0 N–H and O–H groups in total. The van der Waals surface area contributed by atoms with Crippen molar-refractivity contribution in [1.29, 1.82) is 0 Å². The fourth-order valence-corrected chi connectivity index (χ4v) is 3.92. The fourth-order valence-electron chi connectivity index (χ4n) is 3.15. The average molecular weight is 398 g/mol. The Morgan fingerprint density at radius 2 is 1.93 bits per heavy atom. The van der Waals surface area contributed by atoms with E-state index in [0.29, 0.717) is 11.1 Å². The maximum Gasteiger partial charge on any atom is 0.276 e. The van der Waals surface area contributed by atoms with Crippen molar-refractivity contribution < 1.29 is 13.9 Å². The molecule has 7 heteroatoms. The molecule has 0 spiro atoms. The molecular weight excluding hydrogens is 374 g/mol. The molecule has 2 heterocycles. The number of rotatable bonds is 7. The van der Waals surface area contributed by atoms with Gasteiger partial charge >= 0.3 is 0 Å². The average Bonchev–Trinajstić information content (AvgIpc) is 3.22. The topological polar surface area (TPSA) is 60.6 Å². The van der Waals surface area contributed by atoms with E-state index >= 15 is 0 Å². The van der Waals surface area contributed by atoms with Gasteiger partial charge in [0.25, 0.3) is 5.22 Å². The van der Waals surface area contributed by atoms with E-state index in [1.807, 2.05) is 30.3 Å². The van der Waals surface area contributed by atoms with Crippen LogP contribution in [0.3, 0.4) is 0 Å². The third kappa shape index (κ3) is 4.92. The van der Waals surface area contributed by atoms with Gasteiger partial charge in [0.2, 0.25) is 5.89 Å². The van der Waals surface area contributed by atoms with Crippen LogP contribution in [0, 0.1) is 0 Å². The van der Waals surface area contributed by atoms with Gasteiger partial charge in [0.15, 0.2) is 0 Å². The van der Waals surface area contributed by atoms with Crippen LogP contribution in [0.1, 0.15) is 5.56 Å². The van der Waals surface area contributed by atoms with Crippen LogP contribution < -0.4 is 4.74 Å². The van der Waals surface area contributed by atoms with Gasteiger partial charge in [-0.2, -0.15) is 0 Å². The molecule has 1 fully saturated rings. The quantitative estimate of drug-likeness (QED) is 0.563. The maximum absolute atomic E-state index is 5.92. The second-order valence-electron chi connectivity index (χ2n) is 6.63. The Labute approximate surface area is 168 Å². The first kappa shape index (κ1) is 19.0. The fraction of sp³-hybridized carbons (Fsp3) is 0.333. The smallest absolute Gasteiger partial charge is 0.276 e. The first-order valence-electron chi connectivity index (χ1n) is 9.29. The van der Waals surface area contributed by atoms with E-state index in [-0.39, 0.29) is 6.10 Å². The molecular formula is C21H23N3O3S.